The predicted octanol–water partition coefficient (Wildman–Crippen LogP) is 11.8. The molecule has 0 atom stereocenters. The topological polar surface area (TPSA) is 46.1 Å². The van der Waals surface area contributed by atoms with E-state index in [1.54, 1.807) is 0 Å². The molecule has 0 amide bonds. The van der Waals surface area contributed by atoms with Gasteiger partial charge in [0.1, 0.15) is 0 Å². The van der Waals surface area contributed by atoms with Crippen LogP contribution in [0.4, 0.5) is 17.1 Å². The SMILES string of the molecule is O=C(c1ccccc1)c1ccc(-c2cc3nc(n2)-c2cccc(c2)-c2cccc(c2)N(c2ccccc2)c2cccc(c2)-c2cccc-3c2)cc1. The minimum Gasteiger partial charge on any atom is -0.310 e. The van der Waals surface area contributed by atoms with E-state index in [1.807, 2.05) is 66.7 Å². The summed E-state index contributed by atoms with van der Waals surface area (Å²) in [5.74, 6) is 0.628. The average Bonchev–Trinajstić information content (AvgIpc) is 3.21. The number of para-hydroxylation sites is 1. The molecule has 10 bridgehead atoms. The molecule has 1 aliphatic rings. The van der Waals surface area contributed by atoms with Crippen LogP contribution in [0.2, 0.25) is 0 Å². The number of carbonyl (C=O) groups excluding carboxylic acids is 1. The number of carbonyl (C=O) groups is 1. The summed E-state index contributed by atoms with van der Waals surface area (Å²) in [5.41, 5.74) is 13.3. The molecule has 0 spiro atoms. The Morgan fingerprint density at radius 3 is 1.43 bits per heavy atom. The van der Waals surface area contributed by atoms with E-state index < -0.39 is 0 Å². The van der Waals surface area contributed by atoms with Crippen LogP contribution >= 0.6 is 0 Å². The van der Waals surface area contributed by atoms with E-state index in [1.165, 1.54) is 0 Å². The van der Waals surface area contributed by atoms with E-state index in [-0.39, 0.29) is 5.78 Å². The Kier molecular flexibility index (Phi) is 7.60. The number of nitrogens with zero attached hydrogens (tertiary/aromatic N) is 3. The Morgan fingerprint density at radius 2 is 0.804 bits per heavy atom. The van der Waals surface area contributed by atoms with E-state index in [4.69, 9.17) is 9.97 Å². The van der Waals surface area contributed by atoms with Crippen molar-refractivity contribution in [3.05, 3.63) is 199 Å². The third-order valence-corrected chi connectivity index (χ3v) is 9.37. The normalized spacial score (nSPS) is 11.6. The van der Waals surface area contributed by atoms with Crippen molar-refractivity contribution < 1.29 is 4.79 Å². The third-order valence-electron chi connectivity index (χ3n) is 9.37. The second-order valence-electron chi connectivity index (χ2n) is 12.7. The Labute approximate surface area is 297 Å². The molecular formula is C47H31N3O. The monoisotopic (exact) mass is 653 g/mol. The van der Waals surface area contributed by atoms with Gasteiger partial charge >= 0.3 is 0 Å². The maximum absolute atomic E-state index is 13.2. The summed E-state index contributed by atoms with van der Waals surface area (Å²) in [7, 11) is 0. The van der Waals surface area contributed by atoms with Crippen molar-refractivity contribution in [2.45, 2.75) is 0 Å². The number of aromatic nitrogens is 2. The van der Waals surface area contributed by atoms with Crippen molar-refractivity contribution in [2.24, 2.45) is 0 Å². The fraction of sp³-hybridized carbons (Fsp3) is 0. The standard InChI is InChI=1S/C47H31N3O/c51-46(33-11-3-1-4-12-33)34-25-23-32(24-26-34)44-31-45-39-17-7-13-35(27-39)37-15-9-21-42(29-37)50(41-19-5-2-6-20-41)43-22-10-16-38(30-43)36-14-8-18-40(28-36)47(48-44)49-45/h1-31H. The molecule has 9 rings (SSSR count). The van der Waals surface area contributed by atoms with Crippen LogP contribution in [0.1, 0.15) is 15.9 Å². The highest BCUT2D eigenvalue weighted by Crippen LogP contribution is 2.39. The van der Waals surface area contributed by atoms with Crippen molar-refractivity contribution in [3.63, 3.8) is 0 Å². The van der Waals surface area contributed by atoms with Crippen LogP contribution in [0.5, 0.6) is 0 Å². The lowest BCUT2D eigenvalue weighted by molar-refractivity contribution is 0.103. The molecule has 0 radical (unpaired) electrons. The van der Waals surface area contributed by atoms with Crippen LogP contribution in [-0.4, -0.2) is 15.8 Å². The molecule has 1 aromatic heterocycles. The van der Waals surface area contributed by atoms with Crippen LogP contribution in [0, 0.1) is 0 Å². The molecule has 4 heteroatoms. The first-order valence-electron chi connectivity index (χ1n) is 17.0. The molecule has 8 aromatic rings. The number of hydrogen-bond acceptors (Lipinski definition) is 4. The lowest BCUT2D eigenvalue weighted by Crippen LogP contribution is -2.10. The molecular weight excluding hydrogens is 623 g/mol. The summed E-state index contributed by atoms with van der Waals surface area (Å²) in [6.07, 6.45) is 0. The molecule has 0 N–H and O–H groups in total. The zero-order valence-electron chi connectivity index (χ0n) is 27.6. The number of ketones is 1. The first-order chi connectivity index (χ1) is 25.2. The highest BCUT2D eigenvalue weighted by molar-refractivity contribution is 6.09. The van der Waals surface area contributed by atoms with Crippen LogP contribution in [0.25, 0.3) is 56.2 Å². The van der Waals surface area contributed by atoms with E-state index in [0.29, 0.717) is 17.0 Å². The lowest BCUT2D eigenvalue weighted by Gasteiger charge is -2.26. The zero-order chi connectivity index (χ0) is 34.1. The van der Waals surface area contributed by atoms with Crippen molar-refractivity contribution in [1.82, 2.24) is 9.97 Å². The fourth-order valence-electron chi connectivity index (χ4n) is 6.79. The van der Waals surface area contributed by atoms with Crippen LogP contribution in [-0.2, 0) is 0 Å². The molecule has 7 aromatic carbocycles. The van der Waals surface area contributed by atoms with Gasteiger partial charge < -0.3 is 4.90 Å². The van der Waals surface area contributed by atoms with Crippen molar-refractivity contribution in [3.8, 4) is 56.2 Å². The minimum atomic E-state index is -0.00645. The zero-order valence-corrected chi connectivity index (χ0v) is 27.6. The maximum atomic E-state index is 13.2. The van der Waals surface area contributed by atoms with Gasteiger partial charge in [0.15, 0.2) is 11.6 Å². The van der Waals surface area contributed by atoms with Crippen molar-refractivity contribution in [1.29, 1.82) is 0 Å². The number of rotatable bonds is 4. The quantitative estimate of drug-likeness (QED) is 0.177. The number of fused-ring (bicyclic) bond motifs is 14. The largest absolute Gasteiger partial charge is 0.310 e. The number of benzene rings is 7. The summed E-state index contributed by atoms with van der Waals surface area (Å²) in [6.45, 7) is 0. The Morgan fingerprint density at radius 1 is 0.353 bits per heavy atom. The van der Waals surface area contributed by atoms with Crippen LogP contribution < -0.4 is 4.90 Å². The highest BCUT2D eigenvalue weighted by Gasteiger charge is 2.17. The van der Waals surface area contributed by atoms with E-state index in [2.05, 4.69) is 126 Å². The Balaban J connectivity index is 1.22. The molecule has 2 heterocycles. The molecule has 0 aliphatic carbocycles. The van der Waals surface area contributed by atoms with Gasteiger partial charge in [-0.2, -0.15) is 0 Å². The highest BCUT2D eigenvalue weighted by atomic mass is 16.1. The third kappa shape index (κ3) is 5.90. The van der Waals surface area contributed by atoms with Gasteiger partial charge in [0.25, 0.3) is 0 Å². The van der Waals surface area contributed by atoms with Gasteiger partial charge in [0, 0.05) is 44.9 Å². The first-order valence-corrected chi connectivity index (χ1v) is 17.0. The van der Waals surface area contributed by atoms with Crippen LogP contribution in [0.15, 0.2) is 188 Å². The summed E-state index contributed by atoms with van der Waals surface area (Å²) < 4.78 is 0. The second kappa shape index (κ2) is 12.8. The Hall–Kier alpha value is -6.91. The molecule has 4 nitrogen and oxygen atoms in total. The minimum absolute atomic E-state index is 0.00645. The summed E-state index contributed by atoms with van der Waals surface area (Å²) in [5, 5.41) is 0. The molecule has 51 heavy (non-hydrogen) atoms. The van der Waals surface area contributed by atoms with Gasteiger partial charge in [-0.05, 0) is 76.9 Å². The molecule has 0 saturated carbocycles. The second-order valence-corrected chi connectivity index (χ2v) is 12.7. The molecule has 0 unspecified atom stereocenters. The van der Waals surface area contributed by atoms with Gasteiger partial charge in [-0.15, -0.1) is 0 Å². The van der Waals surface area contributed by atoms with Gasteiger partial charge in [-0.1, -0.05) is 133 Å². The number of anilines is 3. The van der Waals surface area contributed by atoms with Gasteiger partial charge in [0.2, 0.25) is 0 Å². The maximum Gasteiger partial charge on any atom is 0.193 e. The van der Waals surface area contributed by atoms with Gasteiger partial charge in [0.05, 0.1) is 11.4 Å². The Bertz CT molecular complexity index is 2430. The lowest BCUT2D eigenvalue weighted by atomic mass is 9.98. The smallest absolute Gasteiger partial charge is 0.193 e. The van der Waals surface area contributed by atoms with E-state index >= 15 is 0 Å². The predicted molar refractivity (Wildman–Crippen MR) is 207 cm³/mol. The molecule has 0 fully saturated rings. The molecule has 240 valence electrons. The van der Waals surface area contributed by atoms with Crippen LogP contribution in [0.3, 0.4) is 0 Å². The van der Waals surface area contributed by atoms with Crippen molar-refractivity contribution in [2.75, 3.05) is 4.90 Å². The fourth-order valence-corrected chi connectivity index (χ4v) is 6.79. The van der Waals surface area contributed by atoms with Crippen molar-refractivity contribution >= 4 is 22.8 Å². The summed E-state index contributed by atoms with van der Waals surface area (Å²) in [4.78, 5) is 25.7. The summed E-state index contributed by atoms with van der Waals surface area (Å²) >= 11 is 0. The van der Waals surface area contributed by atoms with E-state index in [0.717, 1.165) is 67.4 Å². The average molecular weight is 654 g/mol. The van der Waals surface area contributed by atoms with E-state index in [9.17, 15) is 4.79 Å². The molecule has 0 saturated heterocycles. The molecule has 1 aliphatic heterocycles. The summed E-state index contributed by atoms with van der Waals surface area (Å²) in [6, 6.07) is 64.0. The first kappa shape index (κ1) is 30.2. The number of hydrogen-bond donors (Lipinski definition) is 0. The van der Waals surface area contributed by atoms with Gasteiger partial charge in [-0.3, -0.25) is 4.79 Å². The van der Waals surface area contributed by atoms with Gasteiger partial charge in [-0.25, -0.2) is 9.97 Å².